The zero-order valence-corrected chi connectivity index (χ0v) is 10.1. The summed E-state index contributed by atoms with van der Waals surface area (Å²) < 4.78 is 13.2. The number of hydrogen-bond acceptors (Lipinski definition) is 1. The Kier molecular flexibility index (Phi) is 3.63. The van der Waals surface area contributed by atoms with Crippen LogP contribution >= 0.6 is 11.6 Å². The van der Waals surface area contributed by atoms with Gasteiger partial charge in [0, 0.05) is 10.6 Å². The summed E-state index contributed by atoms with van der Waals surface area (Å²) in [6, 6.07) is 13.5. The quantitative estimate of drug-likeness (QED) is 0.906. The third kappa shape index (κ3) is 2.51. The van der Waals surface area contributed by atoms with Crippen molar-refractivity contribution in [1.82, 2.24) is 0 Å². The number of rotatable bonds is 3. The minimum absolute atomic E-state index is 0.123. The molecule has 0 amide bonds. The lowest BCUT2D eigenvalue weighted by Gasteiger charge is -2.07. The maximum Gasteiger partial charge on any atom is 0.343 e. The summed E-state index contributed by atoms with van der Waals surface area (Å²) in [5, 5.41) is 9.17. The largest absolute Gasteiger partial charge is 0.479 e. The van der Waals surface area contributed by atoms with Crippen molar-refractivity contribution in [2.24, 2.45) is 0 Å². The highest BCUT2D eigenvalue weighted by Gasteiger charge is 2.17. The Morgan fingerprint density at radius 2 is 1.72 bits per heavy atom. The monoisotopic (exact) mass is 264 g/mol. The fourth-order valence-corrected chi connectivity index (χ4v) is 1.91. The van der Waals surface area contributed by atoms with Gasteiger partial charge in [-0.1, -0.05) is 54.1 Å². The van der Waals surface area contributed by atoms with Crippen LogP contribution in [0.15, 0.2) is 48.5 Å². The van der Waals surface area contributed by atoms with Crippen LogP contribution in [0.1, 0.15) is 11.7 Å². The molecular formula is C14H10ClFO2. The van der Waals surface area contributed by atoms with Crippen molar-refractivity contribution in [3.63, 3.8) is 0 Å². The third-order valence-electron chi connectivity index (χ3n) is 2.61. The molecule has 1 atom stereocenters. The third-order valence-corrected chi connectivity index (χ3v) is 2.93. The minimum Gasteiger partial charge on any atom is -0.479 e. The van der Waals surface area contributed by atoms with E-state index in [1.807, 2.05) is 18.2 Å². The Bertz CT molecular complexity index is 566. The molecule has 0 saturated carbocycles. The molecule has 0 aliphatic heterocycles. The van der Waals surface area contributed by atoms with E-state index in [-0.39, 0.29) is 5.56 Å². The highest BCUT2D eigenvalue weighted by molar-refractivity contribution is 6.33. The van der Waals surface area contributed by atoms with Gasteiger partial charge in [-0.3, -0.25) is 0 Å². The number of hydrogen-bond donors (Lipinski definition) is 1. The van der Waals surface area contributed by atoms with Crippen LogP contribution in [-0.4, -0.2) is 11.1 Å². The number of carboxylic acids is 1. The van der Waals surface area contributed by atoms with Gasteiger partial charge in [-0.2, -0.15) is 0 Å². The Balaban J connectivity index is 2.34. The van der Waals surface area contributed by atoms with Crippen LogP contribution in [-0.2, 0) is 4.79 Å². The Morgan fingerprint density at radius 3 is 2.28 bits per heavy atom. The van der Waals surface area contributed by atoms with Crippen LogP contribution < -0.4 is 0 Å². The molecule has 0 aliphatic carbocycles. The normalized spacial score (nSPS) is 12.1. The van der Waals surface area contributed by atoms with Crippen LogP contribution in [0, 0.1) is 0 Å². The zero-order chi connectivity index (χ0) is 13.1. The summed E-state index contributed by atoms with van der Waals surface area (Å²) >= 11 is 6.04. The summed E-state index contributed by atoms with van der Waals surface area (Å²) in [5.41, 5.74) is 1.77. The van der Waals surface area contributed by atoms with E-state index in [0.717, 1.165) is 11.1 Å². The van der Waals surface area contributed by atoms with Gasteiger partial charge in [0.25, 0.3) is 0 Å². The first-order valence-corrected chi connectivity index (χ1v) is 5.69. The van der Waals surface area contributed by atoms with Gasteiger partial charge in [-0.05, 0) is 17.2 Å². The van der Waals surface area contributed by atoms with E-state index in [1.54, 1.807) is 18.2 Å². The van der Waals surface area contributed by atoms with Crippen LogP contribution in [0.4, 0.5) is 4.39 Å². The number of carbonyl (C=O) groups is 1. The van der Waals surface area contributed by atoms with Gasteiger partial charge >= 0.3 is 5.97 Å². The molecule has 2 rings (SSSR count). The molecule has 2 aromatic carbocycles. The maximum atomic E-state index is 13.2. The first-order chi connectivity index (χ1) is 8.59. The maximum absolute atomic E-state index is 13.2. The van der Waals surface area contributed by atoms with E-state index in [2.05, 4.69) is 0 Å². The topological polar surface area (TPSA) is 37.3 Å². The number of halogens is 2. The van der Waals surface area contributed by atoms with Gasteiger partial charge in [0.05, 0.1) is 0 Å². The molecule has 1 unspecified atom stereocenters. The highest BCUT2D eigenvalue weighted by Crippen LogP contribution is 2.29. The smallest absolute Gasteiger partial charge is 0.343 e. The molecule has 0 heterocycles. The molecule has 1 N–H and O–H groups in total. The highest BCUT2D eigenvalue weighted by atomic mass is 35.5. The van der Waals surface area contributed by atoms with E-state index in [1.165, 1.54) is 12.1 Å². The molecule has 2 aromatic rings. The lowest BCUT2D eigenvalue weighted by Crippen LogP contribution is -2.05. The molecule has 92 valence electrons. The second-order valence-corrected chi connectivity index (χ2v) is 4.21. The molecule has 0 fully saturated rings. The van der Waals surface area contributed by atoms with Crippen molar-refractivity contribution in [3.8, 4) is 11.1 Å². The average Bonchev–Trinajstić information content (AvgIpc) is 2.38. The van der Waals surface area contributed by atoms with Gasteiger partial charge in [0.15, 0.2) is 0 Å². The summed E-state index contributed by atoms with van der Waals surface area (Å²) in [7, 11) is 0. The van der Waals surface area contributed by atoms with E-state index in [9.17, 15) is 9.18 Å². The summed E-state index contributed by atoms with van der Waals surface area (Å²) in [6.07, 6.45) is -2.00. The first kappa shape index (κ1) is 12.6. The summed E-state index contributed by atoms with van der Waals surface area (Å²) in [6.45, 7) is 0. The van der Waals surface area contributed by atoms with Gasteiger partial charge in [-0.15, -0.1) is 0 Å². The van der Waals surface area contributed by atoms with Gasteiger partial charge in [0.2, 0.25) is 6.17 Å². The number of aliphatic carboxylic acids is 1. The van der Waals surface area contributed by atoms with Crippen LogP contribution in [0.25, 0.3) is 11.1 Å². The van der Waals surface area contributed by atoms with Gasteiger partial charge in [0.1, 0.15) is 0 Å². The van der Waals surface area contributed by atoms with Crippen LogP contribution in [0.3, 0.4) is 0 Å². The molecule has 0 radical (unpaired) electrons. The lowest BCUT2D eigenvalue weighted by atomic mass is 10.0. The predicted molar refractivity (Wildman–Crippen MR) is 68.4 cm³/mol. The second kappa shape index (κ2) is 5.19. The van der Waals surface area contributed by atoms with Crippen molar-refractivity contribution in [2.45, 2.75) is 6.17 Å². The molecule has 18 heavy (non-hydrogen) atoms. The summed E-state index contributed by atoms with van der Waals surface area (Å²) in [5.74, 6) is -1.49. The molecule has 0 aromatic heterocycles. The molecule has 0 saturated heterocycles. The number of benzene rings is 2. The van der Waals surface area contributed by atoms with Gasteiger partial charge in [-0.25, -0.2) is 9.18 Å². The van der Waals surface area contributed by atoms with Crippen molar-refractivity contribution < 1.29 is 14.3 Å². The Morgan fingerprint density at radius 1 is 1.11 bits per heavy atom. The minimum atomic E-state index is -2.00. The molecule has 4 heteroatoms. The Labute approximate surface area is 109 Å². The van der Waals surface area contributed by atoms with Crippen molar-refractivity contribution >= 4 is 17.6 Å². The second-order valence-electron chi connectivity index (χ2n) is 3.80. The van der Waals surface area contributed by atoms with Crippen LogP contribution in [0.5, 0.6) is 0 Å². The predicted octanol–water partition coefficient (Wildman–Crippen LogP) is 4.10. The first-order valence-electron chi connectivity index (χ1n) is 5.31. The molecular weight excluding hydrogens is 255 g/mol. The molecule has 0 spiro atoms. The molecule has 0 aliphatic rings. The average molecular weight is 265 g/mol. The van der Waals surface area contributed by atoms with Crippen molar-refractivity contribution in [1.29, 1.82) is 0 Å². The number of carboxylic acid groups (broad SMARTS) is 1. The van der Waals surface area contributed by atoms with Crippen molar-refractivity contribution in [3.05, 3.63) is 59.1 Å². The lowest BCUT2D eigenvalue weighted by molar-refractivity contribution is -0.143. The van der Waals surface area contributed by atoms with E-state index in [0.29, 0.717) is 5.02 Å². The van der Waals surface area contributed by atoms with E-state index >= 15 is 0 Å². The SMILES string of the molecule is O=C(O)C(F)c1ccc(-c2ccccc2Cl)cc1. The van der Waals surface area contributed by atoms with E-state index in [4.69, 9.17) is 16.7 Å². The fourth-order valence-electron chi connectivity index (χ4n) is 1.67. The standard InChI is InChI=1S/C14H10ClFO2/c15-12-4-2-1-3-11(12)9-5-7-10(8-6-9)13(16)14(17)18/h1-8,13H,(H,17,18). The summed E-state index contributed by atoms with van der Waals surface area (Å²) in [4.78, 5) is 10.5. The molecule has 2 nitrogen and oxygen atoms in total. The van der Waals surface area contributed by atoms with E-state index < -0.39 is 12.1 Å². The Hall–Kier alpha value is -1.87. The molecule has 0 bridgehead atoms. The number of alkyl halides is 1. The van der Waals surface area contributed by atoms with Crippen LogP contribution in [0.2, 0.25) is 5.02 Å². The zero-order valence-electron chi connectivity index (χ0n) is 9.31. The fraction of sp³-hybridized carbons (Fsp3) is 0.0714. The van der Waals surface area contributed by atoms with Crippen molar-refractivity contribution in [2.75, 3.05) is 0 Å². The van der Waals surface area contributed by atoms with Gasteiger partial charge < -0.3 is 5.11 Å².